The van der Waals surface area contributed by atoms with Crippen LogP contribution in [-0.2, 0) is 0 Å². The van der Waals surface area contributed by atoms with Crippen molar-refractivity contribution in [3.8, 4) is 0 Å². The fourth-order valence-electron chi connectivity index (χ4n) is 2.32. The third-order valence-corrected chi connectivity index (χ3v) is 5.06. The third-order valence-electron chi connectivity index (χ3n) is 3.67. The van der Waals surface area contributed by atoms with Gasteiger partial charge in [0.1, 0.15) is 0 Å². The van der Waals surface area contributed by atoms with E-state index < -0.39 is 0 Å². The Hall–Kier alpha value is -2.25. The molecule has 0 saturated heterocycles. The van der Waals surface area contributed by atoms with Gasteiger partial charge in [-0.3, -0.25) is 9.59 Å². The van der Waals surface area contributed by atoms with Gasteiger partial charge in [-0.15, -0.1) is 0 Å². The van der Waals surface area contributed by atoms with Crippen LogP contribution in [0.25, 0.3) is 0 Å². The van der Waals surface area contributed by atoms with E-state index in [1.54, 1.807) is 43.3 Å². The van der Waals surface area contributed by atoms with Gasteiger partial charge in [-0.2, -0.15) is 9.78 Å². The second-order valence-corrected chi connectivity index (χ2v) is 6.98. The van der Waals surface area contributed by atoms with E-state index in [0.29, 0.717) is 31.5 Å². The minimum atomic E-state index is -0.275. The number of nitrogens with zero attached hydrogens (tertiary/aromatic N) is 2. The van der Waals surface area contributed by atoms with Crippen molar-refractivity contribution in [1.82, 2.24) is 9.78 Å². The average Bonchev–Trinajstić information content (AvgIpc) is 2.96. The summed E-state index contributed by atoms with van der Waals surface area (Å²) in [6.07, 6.45) is 1.47. The van der Waals surface area contributed by atoms with Crippen molar-refractivity contribution in [1.29, 1.82) is 0 Å². The molecule has 0 radical (unpaired) electrons. The standard InChI is InChI=1S/C18H13Br2N3O2/c1-11-16(22-17(24)12-6-2-4-8-14(12)19)10-21-23(11)18(25)13-7-3-5-9-15(13)20/h2-10H,1H3,(H,22,24). The minimum absolute atomic E-state index is 0.272. The van der Waals surface area contributed by atoms with Gasteiger partial charge in [-0.25, -0.2) is 0 Å². The molecule has 1 heterocycles. The number of aromatic nitrogens is 2. The highest BCUT2D eigenvalue weighted by atomic mass is 79.9. The van der Waals surface area contributed by atoms with Crippen molar-refractivity contribution >= 4 is 49.4 Å². The van der Waals surface area contributed by atoms with Crippen LogP contribution in [0.3, 0.4) is 0 Å². The Morgan fingerprint density at radius 1 is 0.960 bits per heavy atom. The Balaban J connectivity index is 1.87. The van der Waals surface area contributed by atoms with Crippen molar-refractivity contribution in [2.24, 2.45) is 0 Å². The molecule has 126 valence electrons. The molecule has 0 saturated carbocycles. The number of nitrogens with one attached hydrogen (secondary N) is 1. The van der Waals surface area contributed by atoms with E-state index in [1.165, 1.54) is 10.9 Å². The van der Waals surface area contributed by atoms with E-state index in [4.69, 9.17) is 0 Å². The molecular formula is C18H13Br2N3O2. The first-order valence-corrected chi connectivity index (χ1v) is 8.97. The zero-order chi connectivity index (χ0) is 18.0. The molecule has 0 aliphatic rings. The van der Waals surface area contributed by atoms with Gasteiger partial charge in [0.05, 0.1) is 28.7 Å². The van der Waals surface area contributed by atoms with Gasteiger partial charge in [0.2, 0.25) is 0 Å². The van der Waals surface area contributed by atoms with E-state index in [-0.39, 0.29) is 11.8 Å². The van der Waals surface area contributed by atoms with Crippen molar-refractivity contribution in [2.75, 3.05) is 5.32 Å². The van der Waals surface area contributed by atoms with E-state index in [0.717, 1.165) is 0 Å². The molecule has 0 bridgehead atoms. The predicted molar refractivity (Wildman–Crippen MR) is 103 cm³/mol. The Bertz CT molecular complexity index is 966. The van der Waals surface area contributed by atoms with Gasteiger partial charge in [0, 0.05) is 8.95 Å². The molecule has 0 fully saturated rings. The van der Waals surface area contributed by atoms with Crippen LogP contribution in [0.4, 0.5) is 5.69 Å². The van der Waals surface area contributed by atoms with Gasteiger partial charge in [-0.05, 0) is 63.0 Å². The third kappa shape index (κ3) is 3.57. The molecule has 1 amide bonds. The Morgan fingerprint density at radius 3 is 2.12 bits per heavy atom. The molecule has 7 heteroatoms. The van der Waals surface area contributed by atoms with E-state index in [9.17, 15) is 9.59 Å². The summed E-state index contributed by atoms with van der Waals surface area (Å²) in [6.45, 7) is 1.73. The molecule has 25 heavy (non-hydrogen) atoms. The molecule has 0 aliphatic carbocycles. The van der Waals surface area contributed by atoms with Crippen LogP contribution < -0.4 is 5.32 Å². The zero-order valence-corrected chi connectivity index (χ0v) is 16.3. The highest BCUT2D eigenvalue weighted by molar-refractivity contribution is 9.10. The second-order valence-electron chi connectivity index (χ2n) is 5.27. The van der Waals surface area contributed by atoms with Gasteiger partial charge < -0.3 is 5.32 Å². The molecule has 1 N–H and O–H groups in total. The van der Waals surface area contributed by atoms with E-state index in [1.807, 2.05) is 12.1 Å². The fraction of sp³-hybridized carbons (Fsp3) is 0.0556. The number of rotatable bonds is 3. The maximum atomic E-state index is 12.7. The monoisotopic (exact) mass is 461 g/mol. The molecule has 2 aromatic carbocycles. The fourth-order valence-corrected chi connectivity index (χ4v) is 3.24. The lowest BCUT2D eigenvalue weighted by Gasteiger charge is -2.08. The molecule has 0 spiro atoms. The maximum Gasteiger partial charge on any atom is 0.279 e. The van der Waals surface area contributed by atoms with Gasteiger partial charge in [0.15, 0.2) is 0 Å². The number of halogens is 2. The molecule has 3 aromatic rings. The minimum Gasteiger partial charge on any atom is -0.319 e. The number of anilines is 1. The van der Waals surface area contributed by atoms with Crippen molar-refractivity contribution in [2.45, 2.75) is 6.92 Å². The molecule has 3 rings (SSSR count). The van der Waals surface area contributed by atoms with E-state index in [2.05, 4.69) is 42.3 Å². The summed E-state index contributed by atoms with van der Waals surface area (Å²) in [7, 11) is 0. The Kier molecular flexibility index (Phi) is 5.15. The Morgan fingerprint density at radius 2 is 1.52 bits per heavy atom. The van der Waals surface area contributed by atoms with Gasteiger partial charge in [0.25, 0.3) is 11.8 Å². The van der Waals surface area contributed by atoms with Crippen LogP contribution in [0.1, 0.15) is 26.4 Å². The van der Waals surface area contributed by atoms with Crippen LogP contribution in [0, 0.1) is 6.92 Å². The topological polar surface area (TPSA) is 64.0 Å². The number of carbonyl (C=O) groups excluding carboxylic acids is 2. The first-order chi connectivity index (χ1) is 12.0. The SMILES string of the molecule is Cc1c(NC(=O)c2ccccc2Br)cnn1C(=O)c1ccccc1Br. The highest BCUT2D eigenvalue weighted by Gasteiger charge is 2.19. The molecule has 5 nitrogen and oxygen atoms in total. The predicted octanol–water partition coefficient (Wildman–Crippen LogP) is 4.66. The molecule has 0 atom stereocenters. The van der Waals surface area contributed by atoms with Crippen LogP contribution in [0.5, 0.6) is 0 Å². The van der Waals surface area contributed by atoms with Crippen molar-refractivity contribution < 1.29 is 9.59 Å². The van der Waals surface area contributed by atoms with Gasteiger partial charge >= 0.3 is 0 Å². The summed E-state index contributed by atoms with van der Waals surface area (Å²) in [6, 6.07) is 14.3. The number of benzene rings is 2. The summed E-state index contributed by atoms with van der Waals surface area (Å²) < 4.78 is 2.66. The Labute approximate surface area is 161 Å². The summed E-state index contributed by atoms with van der Waals surface area (Å²) in [5, 5.41) is 6.91. The second kappa shape index (κ2) is 7.33. The maximum absolute atomic E-state index is 12.7. The number of hydrogen-bond donors (Lipinski definition) is 1. The average molecular weight is 463 g/mol. The number of carbonyl (C=O) groups is 2. The first kappa shape index (κ1) is 17.6. The summed E-state index contributed by atoms with van der Waals surface area (Å²) >= 11 is 6.72. The largest absolute Gasteiger partial charge is 0.319 e. The quantitative estimate of drug-likeness (QED) is 0.615. The molecular weight excluding hydrogens is 450 g/mol. The van der Waals surface area contributed by atoms with Crippen molar-refractivity contribution in [3.63, 3.8) is 0 Å². The molecule has 0 aliphatic heterocycles. The normalized spacial score (nSPS) is 10.5. The summed E-state index contributed by atoms with van der Waals surface area (Å²) in [5.74, 6) is -0.546. The van der Waals surface area contributed by atoms with Crippen molar-refractivity contribution in [3.05, 3.63) is 80.5 Å². The summed E-state index contributed by atoms with van der Waals surface area (Å²) in [5.41, 5.74) is 2.05. The van der Waals surface area contributed by atoms with Crippen LogP contribution in [0.15, 0.2) is 63.7 Å². The molecule has 0 unspecified atom stereocenters. The van der Waals surface area contributed by atoms with Crippen LogP contribution >= 0.6 is 31.9 Å². The molecule has 1 aromatic heterocycles. The van der Waals surface area contributed by atoms with E-state index >= 15 is 0 Å². The lowest BCUT2D eigenvalue weighted by atomic mass is 10.2. The number of hydrogen-bond acceptors (Lipinski definition) is 3. The lowest BCUT2D eigenvalue weighted by Crippen LogP contribution is -2.17. The van der Waals surface area contributed by atoms with Gasteiger partial charge in [-0.1, -0.05) is 24.3 Å². The van der Waals surface area contributed by atoms with Crippen LogP contribution in [-0.4, -0.2) is 21.6 Å². The lowest BCUT2D eigenvalue weighted by molar-refractivity contribution is 0.0940. The zero-order valence-electron chi connectivity index (χ0n) is 13.2. The smallest absolute Gasteiger partial charge is 0.279 e. The first-order valence-electron chi connectivity index (χ1n) is 7.39. The number of amides is 1. The summed E-state index contributed by atoms with van der Waals surface area (Å²) in [4.78, 5) is 25.1. The highest BCUT2D eigenvalue weighted by Crippen LogP contribution is 2.22. The van der Waals surface area contributed by atoms with Crippen LogP contribution in [0.2, 0.25) is 0 Å².